The highest BCUT2D eigenvalue weighted by molar-refractivity contribution is 7.73. The molecule has 0 unspecified atom stereocenters. The standard InChI is InChI=1S/C39H39N5O6S2/c1-26(2)33(34(47)40-36-42-43-37(51)52-36)44(38(49)50-25-27-15-7-3-8-16-27)35(48)31(23-24-32(45)46)41-39(28-17-9-4-10-18-28,29-19-11-5-12-20-29)30-21-13-6-14-22-30/h3-22,26,31,33,41H,23-25H2,1-2H3,(H,43,51)(H,45,46)(H,40,42,47)/t31-,33-/m0/s1. The van der Waals surface area contributed by atoms with Gasteiger partial charge in [0.2, 0.25) is 16.9 Å². The predicted octanol–water partition coefficient (Wildman–Crippen LogP) is 7.14. The van der Waals surface area contributed by atoms with Gasteiger partial charge in [0, 0.05) is 6.42 Å². The molecule has 3 amide bonds. The second-order valence-corrected chi connectivity index (χ2v) is 14.0. The number of carbonyl (C=O) groups excluding carboxylic acids is 3. The SMILES string of the molecule is CC(C)[C@@H](C(=O)Nc1n[nH]c(=S)s1)N(C(=O)OCc1ccccc1)C(=O)[C@H](CCC(=O)O)NC(c1ccccc1)(c1ccccc1)c1ccccc1. The molecule has 0 fully saturated rings. The predicted molar refractivity (Wildman–Crippen MR) is 201 cm³/mol. The summed E-state index contributed by atoms with van der Waals surface area (Å²) >= 11 is 6.15. The Bertz CT molecular complexity index is 1910. The number of aromatic nitrogens is 2. The van der Waals surface area contributed by atoms with Crippen molar-refractivity contribution in [2.75, 3.05) is 5.32 Å². The van der Waals surface area contributed by atoms with Crippen LogP contribution in [-0.4, -0.2) is 56.2 Å². The van der Waals surface area contributed by atoms with E-state index in [0.29, 0.717) is 9.52 Å². The van der Waals surface area contributed by atoms with E-state index in [1.165, 1.54) is 0 Å². The molecule has 5 rings (SSSR count). The molecule has 4 N–H and O–H groups in total. The Morgan fingerprint density at radius 1 is 0.846 bits per heavy atom. The average molecular weight is 738 g/mol. The first-order chi connectivity index (χ1) is 25.1. The van der Waals surface area contributed by atoms with Crippen molar-refractivity contribution in [3.8, 4) is 0 Å². The van der Waals surface area contributed by atoms with Crippen LogP contribution in [0.4, 0.5) is 9.93 Å². The first-order valence-electron chi connectivity index (χ1n) is 16.7. The van der Waals surface area contributed by atoms with Crippen LogP contribution < -0.4 is 10.6 Å². The summed E-state index contributed by atoms with van der Waals surface area (Å²) in [6, 6.07) is 34.6. The molecular weight excluding hydrogens is 699 g/mol. The van der Waals surface area contributed by atoms with Gasteiger partial charge >= 0.3 is 12.1 Å². The van der Waals surface area contributed by atoms with Gasteiger partial charge in [-0.05, 0) is 46.8 Å². The minimum absolute atomic E-state index is 0.155. The zero-order valence-corrected chi connectivity index (χ0v) is 30.2. The van der Waals surface area contributed by atoms with Crippen LogP contribution in [0.1, 0.15) is 48.9 Å². The number of aliphatic carboxylic acids is 1. The molecule has 0 spiro atoms. The zero-order valence-electron chi connectivity index (χ0n) is 28.6. The molecule has 2 atom stereocenters. The molecule has 13 heteroatoms. The second-order valence-electron chi connectivity index (χ2n) is 12.3. The summed E-state index contributed by atoms with van der Waals surface area (Å²) in [6.45, 7) is 3.22. The van der Waals surface area contributed by atoms with Gasteiger partial charge in [-0.2, -0.15) is 0 Å². The largest absolute Gasteiger partial charge is 0.481 e. The fourth-order valence-corrected chi connectivity index (χ4v) is 6.87. The number of imide groups is 1. The third-order valence-corrected chi connectivity index (χ3v) is 9.45. The maximum atomic E-state index is 15.1. The van der Waals surface area contributed by atoms with Crippen molar-refractivity contribution < 1.29 is 29.0 Å². The summed E-state index contributed by atoms with van der Waals surface area (Å²) in [5.41, 5.74) is 1.74. The smallest absolute Gasteiger partial charge is 0.417 e. The van der Waals surface area contributed by atoms with E-state index in [2.05, 4.69) is 20.8 Å². The number of anilines is 1. The van der Waals surface area contributed by atoms with Gasteiger partial charge in [-0.1, -0.05) is 147 Å². The highest BCUT2D eigenvalue weighted by Crippen LogP contribution is 2.38. The molecule has 0 radical (unpaired) electrons. The van der Waals surface area contributed by atoms with Gasteiger partial charge in [-0.15, -0.1) is 5.10 Å². The molecular formula is C39H39N5O6S2. The highest BCUT2D eigenvalue weighted by atomic mass is 32.1. The van der Waals surface area contributed by atoms with E-state index >= 15 is 4.79 Å². The van der Waals surface area contributed by atoms with Gasteiger partial charge in [0.25, 0.3) is 0 Å². The summed E-state index contributed by atoms with van der Waals surface area (Å²) in [5.74, 6) is -3.28. The van der Waals surface area contributed by atoms with Crippen LogP contribution >= 0.6 is 23.6 Å². The van der Waals surface area contributed by atoms with E-state index in [1.54, 1.807) is 38.1 Å². The number of carboxylic acids is 1. The molecule has 1 aromatic heterocycles. The quantitative estimate of drug-likeness (QED) is 0.0649. The van der Waals surface area contributed by atoms with E-state index in [0.717, 1.165) is 32.9 Å². The number of hydrogen-bond acceptors (Lipinski definition) is 9. The third kappa shape index (κ3) is 9.04. The van der Waals surface area contributed by atoms with Gasteiger partial charge < -0.3 is 9.84 Å². The lowest BCUT2D eigenvalue weighted by atomic mass is 9.76. The van der Waals surface area contributed by atoms with E-state index in [1.807, 2.05) is 97.1 Å². The number of nitrogens with one attached hydrogen (secondary N) is 3. The molecule has 0 saturated heterocycles. The molecule has 0 aliphatic rings. The highest BCUT2D eigenvalue weighted by Gasteiger charge is 2.45. The number of H-pyrrole nitrogens is 1. The number of ether oxygens (including phenoxy) is 1. The van der Waals surface area contributed by atoms with Crippen molar-refractivity contribution in [3.63, 3.8) is 0 Å². The maximum absolute atomic E-state index is 15.1. The van der Waals surface area contributed by atoms with Gasteiger partial charge in [0.05, 0.1) is 11.6 Å². The lowest BCUT2D eigenvalue weighted by Crippen LogP contribution is -2.61. The Morgan fingerprint density at radius 2 is 1.35 bits per heavy atom. The summed E-state index contributed by atoms with van der Waals surface area (Å²) in [6.07, 6.45) is -1.71. The fraction of sp³-hybridized carbons (Fsp3) is 0.231. The number of carbonyl (C=O) groups is 4. The van der Waals surface area contributed by atoms with E-state index in [-0.39, 0.29) is 18.2 Å². The average Bonchev–Trinajstić information content (AvgIpc) is 3.57. The summed E-state index contributed by atoms with van der Waals surface area (Å²) in [7, 11) is 0. The van der Waals surface area contributed by atoms with Gasteiger partial charge in [-0.3, -0.25) is 30.1 Å². The zero-order chi connectivity index (χ0) is 37.1. The van der Waals surface area contributed by atoms with Crippen LogP contribution in [0.15, 0.2) is 121 Å². The number of hydrogen-bond donors (Lipinski definition) is 4. The van der Waals surface area contributed by atoms with Crippen LogP contribution in [0.5, 0.6) is 0 Å². The van der Waals surface area contributed by atoms with Crippen molar-refractivity contribution >= 4 is 52.6 Å². The Hall–Kier alpha value is -5.50. The van der Waals surface area contributed by atoms with Crippen LogP contribution in [0.2, 0.25) is 0 Å². The molecule has 0 aliphatic heterocycles. The Morgan fingerprint density at radius 3 is 1.79 bits per heavy atom. The molecule has 268 valence electrons. The molecule has 11 nitrogen and oxygen atoms in total. The fourth-order valence-electron chi connectivity index (χ4n) is 6.08. The number of nitrogens with zero attached hydrogens (tertiary/aromatic N) is 2. The number of benzene rings is 4. The first-order valence-corrected chi connectivity index (χ1v) is 17.9. The van der Waals surface area contributed by atoms with Crippen LogP contribution in [0, 0.1) is 9.87 Å². The number of aromatic amines is 1. The minimum atomic E-state index is -1.39. The van der Waals surface area contributed by atoms with Crippen LogP contribution in [0.3, 0.4) is 0 Å². The molecule has 1 heterocycles. The molecule has 5 aromatic rings. The minimum Gasteiger partial charge on any atom is -0.481 e. The van der Waals surface area contributed by atoms with Crippen molar-refractivity contribution in [1.29, 1.82) is 0 Å². The molecule has 52 heavy (non-hydrogen) atoms. The lowest BCUT2D eigenvalue weighted by Gasteiger charge is -2.41. The summed E-state index contributed by atoms with van der Waals surface area (Å²) in [5, 5.41) is 22.9. The lowest BCUT2D eigenvalue weighted by molar-refractivity contribution is -0.141. The number of carboxylic acid groups (broad SMARTS) is 1. The van der Waals surface area contributed by atoms with Gasteiger partial charge in [0.15, 0.2) is 3.95 Å². The Labute approximate surface area is 310 Å². The number of rotatable bonds is 15. The van der Waals surface area contributed by atoms with Crippen molar-refractivity contribution in [3.05, 3.63) is 148 Å². The molecule has 0 aliphatic carbocycles. The van der Waals surface area contributed by atoms with Gasteiger partial charge in [-0.25, -0.2) is 9.69 Å². The van der Waals surface area contributed by atoms with E-state index < -0.39 is 53.8 Å². The Kier molecular flexibility index (Phi) is 12.8. The number of amides is 3. The van der Waals surface area contributed by atoms with Crippen molar-refractivity contribution in [1.82, 2.24) is 20.4 Å². The van der Waals surface area contributed by atoms with Crippen LogP contribution in [0.25, 0.3) is 0 Å². The summed E-state index contributed by atoms with van der Waals surface area (Å²) < 4.78 is 6.04. The van der Waals surface area contributed by atoms with E-state index in [4.69, 9.17) is 17.0 Å². The van der Waals surface area contributed by atoms with Gasteiger partial charge in [0.1, 0.15) is 12.6 Å². The monoisotopic (exact) mass is 737 g/mol. The van der Waals surface area contributed by atoms with Crippen molar-refractivity contribution in [2.24, 2.45) is 5.92 Å². The molecule has 0 bridgehead atoms. The van der Waals surface area contributed by atoms with Crippen molar-refractivity contribution in [2.45, 2.75) is 50.9 Å². The summed E-state index contributed by atoms with van der Waals surface area (Å²) in [4.78, 5) is 56.3. The van der Waals surface area contributed by atoms with E-state index in [9.17, 15) is 19.5 Å². The Balaban J connectivity index is 1.65. The third-order valence-electron chi connectivity index (χ3n) is 8.44. The second kappa shape index (κ2) is 17.6. The maximum Gasteiger partial charge on any atom is 0.417 e. The molecule has 0 saturated carbocycles. The first kappa shape index (κ1) is 37.7. The topological polar surface area (TPSA) is 154 Å². The normalized spacial score (nSPS) is 12.4. The molecule has 4 aromatic carbocycles. The van der Waals surface area contributed by atoms with Crippen LogP contribution in [-0.2, 0) is 31.3 Å².